The first-order valence-corrected chi connectivity index (χ1v) is 3.91. The van der Waals surface area contributed by atoms with E-state index in [0.29, 0.717) is 12.4 Å². The number of H-pyrrole nitrogens is 1. The third kappa shape index (κ3) is 1.53. The standard InChI is InChI=1S/C8H9N3O2/c1-6-4-10-7(13-6)5-11-3-2-9-8(11)12/h2-4H,5H2,1H3,(H,9,12). The predicted octanol–water partition coefficient (Wildman–Crippen LogP) is 0.521. The Morgan fingerprint density at radius 1 is 1.69 bits per heavy atom. The van der Waals surface area contributed by atoms with E-state index >= 15 is 0 Å². The largest absolute Gasteiger partial charge is 0.444 e. The average Bonchev–Trinajstić information content (AvgIpc) is 2.64. The topological polar surface area (TPSA) is 63.8 Å². The summed E-state index contributed by atoms with van der Waals surface area (Å²) < 4.78 is 6.72. The van der Waals surface area contributed by atoms with Crippen LogP contribution in [0, 0.1) is 6.92 Å². The van der Waals surface area contributed by atoms with Crippen molar-refractivity contribution in [2.45, 2.75) is 13.5 Å². The van der Waals surface area contributed by atoms with Gasteiger partial charge in [0.2, 0.25) is 5.89 Å². The molecule has 5 nitrogen and oxygen atoms in total. The Kier molecular flexibility index (Phi) is 1.77. The fourth-order valence-electron chi connectivity index (χ4n) is 1.09. The minimum absolute atomic E-state index is 0.157. The van der Waals surface area contributed by atoms with Crippen LogP contribution in [0.1, 0.15) is 11.7 Å². The maximum Gasteiger partial charge on any atom is 0.325 e. The molecule has 13 heavy (non-hydrogen) atoms. The summed E-state index contributed by atoms with van der Waals surface area (Å²) in [4.78, 5) is 17.6. The molecular weight excluding hydrogens is 170 g/mol. The predicted molar refractivity (Wildman–Crippen MR) is 45.4 cm³/mol. The maximum absolute atomic E-state index is 11.1. The van der Waals surface area contributed by atoms with Crippen LogP contribution in [0.4, 0.5) is 0 Å². The number of rotatable bonds is 2. The number of imidazole rings is 1. The van der Waals surface area contributed by atoms with Crippen molar-refractivity contribution in [2.24, 2.45) is 0 Å². The fourth-order valence-corrected chi connectivity index (χ4v) is 1.09. The molecular formula is C8H9N3O2. The van der Waals surface area contributed by atoms with Gasteiger partial charge >= 0.3 is 5.69 Å². The molecule has 2 aromatic rings. The van der Waals surface area contributed by atoms with Gasteiger partial charge in [-0.15, -0.1) is 0 Å². The van der Waals surface area contributed by atoms with Gasteiger partial charge in [0.15, 0.2) is 0 Å². The number of aryl methyl sites for hydroxylation is 1. The molecule has 0 aliphatic rings. The lowest BCUT2D eigenvalue weighted by molar-refractivity contribution is 0.454. The Morgan fingerprint density at radius 2 is 2.54 bits per heavy atom. The number of hydrogen-bond donors (Lipinski definition) is 1. The van der Waals surface area contributed by atoms with Crippen molar-refractivity contribution < 1.29 is 4.42 Å². The zero-order valence-corrected chi connectivity index (χ0v) is 7.15. The van der Waals surface area contributed by atoms with Crippen LogP contribution in [-0.2, 0) is 6.54 Å². The first-order chi connectivity index (χ1) is 6.25. The van der Waals surface area contributed by atoms with Crippen molar-refractivity contribution in [3.8, 4) is 0 Å². The molecule has 0 unspecified atom stereocenters. The Balaban J connectivity index is 2.24. The quantitative estimate of drug-likeness (QED) is 0.731. The molecule has 0 atom stereocenters. The monoisotopic (exact) mass is 179 g/mol. The molecule has 0 aliphatic carbocycles. The minimum Gasteiger partial charge on any atom is -0.444 e. The van der Waals surface area contributed by atoms with Crippen LogP contribution in [0.3, 0.4) is 0 Å². The summed E-state index contributed by atoms with van der Waals surface area (Å²) in [6, 6.07) is 0. The van der Waals surface area contributed by atoms with Gasteiger partial charge < -0.3 is 9.40 Å². The summed E-state index contributed by atoms with van der Waals surface area (Å²) >= 11 is 0. The highest BCUT2D eigenvalue weighted by Gasteiger charge is 2.02. The van der Waals surface area contributed by atoms with Gasteiger partial charge in [-0.1, -0.05) is 0 Å². The Bertz CT molecular complexity index is 452. The molecule has 1 N–H and O–H groups in total. The van der Waals surface area contributed by atoms with Gasteiger partial charge in [0.1, 0.15) is 12.3 Å². The SMILES string of the molecule is Cc1cnc(Cn2cc[nH]c2=O)o1. The molecule has 0 radical (unpaired) electrons. The van der Waals surface area contributed by atoms with Crippen LogP contribution < -0.4 is 5.69 Å². The van der Waals surface area contributed by atoms with Gasteiger partial charge in [0, 0.05) is 12.4 Å². The number of oxazole rings is 1. The lowest BCUT2D eigenvalue weighted by atomic mass is 10.6. The molecule has 0 amide bonds. The van der Waals surface area contributed by atoms with E-state index in [1.165, 1.54) is 4.57 Å². The lowest BCUT2D eigenvalue weighted by Crippen LogP contribution is -2.16. The van der Waals surface area contributed by atoms with Crippen molar-refractivity contribution in [1.29, 1.82) is 0 Å². The normalized spacial score (nSPS) is 10.5. The third-order valence-corrected chi connectivity index (χ3v) is 1.70. The maximum atomic E-state index is 11.1. The van der Waals surface area contributed by atoms with Crippen molar-refractivity contribution in [1.82, 2.24) is 14.5 Å². The molecule has 0 fully saturated rings. The molecule has 5 heteroatoms. The van der Waals surface area contributed by atoms with Crippen LogP contribution in [0.25, 0.3) is 0 Å². The Labute approximate surface area is 74.0 Å². The third-order valence-electron chi connectivity index (χ3n) is 1.70. The van der Waals surface area contributed by atoms with Gasteiger partial charge in [-0.3, -0.25) is 4.57 Å². The zero-order valence-electron chi connectivity index (χ0n) is 7.15. The van der Waals surface area contributed by atoms with E-state index in [-0.39, 0.29) is 5.69 Å². The van der Waals surface area contributed by atoms with Gasteiger partial charge in [-0.25, -0.2) is 9.78 Å². The van der Waals surface area contributed by atoms with E-state index in [1.54, 1.807) is 18.6 Å². The summed E-state index contributed by atoms with van der Waals surface area (Å²) in [5, 5.41) is 0. The van der Waals surface area contributed by atoms with Gasteiger partial charge in [0.05, 0.1) is 6.20 Å². The zero-order chi connectivity index (χ0) is 9.26. The highest BCUT2D eigenvalue weighted by atomic mass is 16.4. The highest BCUT2D eigenvalue weighted by Crippen LogP contribution is 2.02. The number of nitrogens with zero attached hydrogens (tertiary/aromatic N) is 2. The van der Waals surface area contributed by atoms with Crippen molar-refractivity contribution in [3.05, 3.63) is 40.7 Å². The van der Waals surface area contributed by atoms with Crippen molar-refractivity contribution in [3.63, 3.8) is 0 Å². The average molecular weight is 179 g/mol. The van der Waals surface area contributed by atoms with Crippen LogP contribution >= 0.6 is 0 Å². The number of nitrogens with one attached hydrogen (secondary N) is 1. The van der Waals surface area contributed by atoms with Gasteiger partial charge in [-0.05, 0) is 6.92 Å². The molecule has 2 rings (SSSR count). The van der Waals surface area contributed by atoms with Crippen molar-refractivity contribution in [2.75, 3.05) is 0 Å². The Morgan fingerprint density at radius 3 is 3.08 bits per heavy atom. The summed E-state index contributed by atoms with van der Waals surface area (Å²) in [5.74, 6) is 1.29. The minimum atomic E-state index is -0.157. The second-order valence-corrected chi connectivity index (χ2v) is 2.76. The molecule has 68 valence electrons. The van der Waals surface area contributed by atoms with E-state index in [0.717, 1.165) is 5.76 Å². The van der Waals surface area contributed by atoms with Crippen LogP contribution in [0.5, 0.6) is 0 Å². The summed E-state index contributed by atoms with van der Waals surface area (Å²) in [5.41, 5.74) is -0.157. The smallest absolute Gasteiger partial charge is 0.325 e. The van der Waals surface area contributed by atoms with E-state index in [9.17, 15) is 4.79 Å². The van der Waals surface area contributed by atoms with Crippen LogP contribution in [0.15, 0.2) is 27.8 Å². The molecule has 0 saturated heterocycles. The summed E-state index contributed by atoms with van der Waals surface area (Å²) in [7, 11) is 0. The van der Waals surface area contributed by atoms with Crippen molar-refractivity contribution >= 4 is 0 Å². The number of aromatic amines is 1. The number of hydrogen-bond acceptors (Lipinski definition) is 3. The first kappa shape index (κ1) is 7.85. The second kappa shape index (κ2) is 2.93. The Hall–Kier alpha value is -1.78. The second-order valence-electron chi connectivity index (χ2n) is 2.76. The molecule has 0 saturated carbocycles. The summed E-state index contributed by atoms with van der Waals surface area (Å²) in [6.45, 7) is 2.19. The van der Waals surface area contributed by atoms with Gasteiger partial charge in [0.25, 0.3) is 0 Å². The molecule has 0 spiro atoms. The van der Waals surface area contributed by atoms with Gasteiger partial charge in [-0.2, -0.15) is 0 Å². The van der Waals surface area contributed by atoms with Crippen LogP contribution in [-0.4, -0.2) is 14.5 Å². The summed E-state index contributed by atoms with van der Waals surface area (Å²) in [6.07, 6.45) is 4.87. The van der Waals surface area contributed by atoms with E-state index in [4.69, 9.17) is 4.42 Å². The van der Waals surface area contributed by atoms with E-state index < -0.39 is 0 Å². The van der Waals surface area contributed by atoms with E-state index in [1.807, 2.05) is 6.92 Å². The lowest BCUT2D eigenvalue weighted by Gasteiger charge is -1.94. The van der Waals surface area contributed by atoms with E-state index in [2.05, 4.69) is 9.97 Å². The number of aromatic nitrogens is 3. The molecule has 2 heterocycles. The molecule has 2 aromatic heterocycles. The molecule has 0 bridgehead atoms. The first-order valence-electron chi connectivity index (χ1n) is 3.91. The molecule has 0 aliphatic heterocycles. The van der Waals surface area contributed by atoms with Crippen LogP contribution in [0.2, 0.25) is 0 Å². The fraction of sp³-hybridized carbons (Fsp3) is 0.250. The molecule has 0 aromatic carbocycles. The highest BCUT2D eigenvalue weighted by molar-refractivity contribution is 4.92.